The van der Waals surface area contributed by atoms with Crippen LogP contribution in [0.1, 0.15) is 0 Å². The summed E-state index contributed by atoms with van der Waals surface area (Å²) in [6, 6.07) is 27.0. The fraction of sp³-hybridized carbons (Fsp3) is 0. The first-order valence-electron chi connectivity index (χ1n) is 7.63. The maximum absolute atomic E-state index is 4.49. The maximum Gasteiger partial charge on any atom is 0.169 e. The Balaban J connectivity index is 2.06. The van der Waals surface area contributed by atoms with Gasteiger partial charge in [-0.3, -0.25) is 4.40 Å². The highest BCUT2D eigenvalue weighted by atomic mass is 15.2. The van der Waals surface area contributed by atoms with E-state index in [9.17, 15) is 0 Å². The van der Waals surface area contributed by atoms with E-state index < -0.39 is 0 Å². The standard InChI is InChI=1S/C20H13N3/c1-2-8-14(9-3-1)19-21-22-20-17-12-5-4-10-15(17)16-11-6-7-13-18(16)23(19)20/h1-13H. The van der Waals surface area contributed by atoms with E-state index in [2.05, 4.69) is 69.2 Å². The van der Waals surface area contributed by atoms with Crippen molar-refractivity contribution in [3.05, 3.63) is 78.9 Å². The molecule has 0 aliphatic carbocycles. The minimum Gasteiger partial charge on any atom is -0.274 e. The van der Waals surface area contributed by atoms with Crippen LogP contribution in [-0.4, -0.2) is 14.6 Å². The van der Waals surface area contributed by atoms with Gasteiger partial charge in [0.2, 0.25) is 0 Å². The van der Waals surface area contributed by atoms with Gasteiger partial charge in [-0.1, -0.05) is 72.8 Å². The van der Waals surface area contributed by atoms with Gasteiger partial charge in [0, 0.05) is 16.3 Å². The second kappa shape index (κ2) is 4.65. The fourth-order valence-corrected chi connectivity index (χ4v) is 3.27. The second-order valence-electron chi connectivity index (χ2n) is 5.61. The number of aromatic nitrogens is 3. The van der Waals surface area contributed by atoms with E-state index in [0.29, 0.717) is 0 Å². The van der Waals surface area contributed by atoms with Gasteiger partial charge >= 0.3 is 0 Å². The molecule has 23 heavy (non-hydrogen) atoms. The van der Waals surface area contributed by atoms with Crippen molar-refractivity contribution < 1.29 is 0 Å². The average molecular weight is 295 g/mol. The van der Waals surface area contributed by atoms with Gasteiger partial charge in [-0.2, -0.15) is 0 Å². The summed E-state index contributed by atoms with van der Waals surface area (Å²) in [6.07, 6.45) is 0. The molecule has 5 aromatic rings. The van der Waals surface area contributed by atoms with E-state index in [1.807, 2.05) is 24.3 Å². The molecule has 0 saturated carbocycles. The van der Waals surface area contributed by atoms with E-state index in [1.165, 1.54) is 10.8 Å². The van der Waals surface area contributed by atoms with Gasteiger partial charge in [0.1, 0.15) is 0 Å². The molecule has 3 nitrogen and oxygen atoms in total. The van der Waals surface area contributed by atoms with E-state index in [-0.39, 0.29) is 0 Å². The number of hydrogen-bond donors (Lipinski definition) is 0. The first kappa shape index (κ1) is 12.4. The van der Waals surface area contributed by atoms with E-state index >= 15 is 0 Å². The van der Waals surface area contributed by atoms with Gasteiger partial charge in [-0.15, -0.1) is 10.2 Å². The highest BCUT2D eigenvalue weighted by Gasteiger charge is 2.14. The maximum atomic E-state index is 4.49. The molecule has 0 aliphatic heterocycles. The van der Waals surface area contributed by atoms with Crippen LogP contribution in [0.15, 0.2) is 78.9 Å². The smallest absolute Gasteiger partial charge is 0.169 e. The van der Waals surface area contributed by atoms with Crippen molar-refractivity contribution in [2.24, 2.45) is 0 Å². The van der Waals surface area contributed by atoms with Gasteiger partial charge in [0.25, 0.3) is 0 Å². The zero-order valence-electron chi connectivity index (χ0n) is 12.3. The molecular formula is C20H13N3. The molecule has 0 unspecified atom stereocenters. The van der Waals surface area contributed by atoms with Crippen LogP contribution in [0.5, 0.6) is 0 Å². The van der Waals surface area contributed by atoms with E-state index in [1.54, 1.807) is 0 Å². The van der Waals surface area contributed by atoms with Crippen molar-refractivity contribution in [3.8, 4) is 11.4 Å². The Morgan fingerprint density at radius 2 is 1.22 bits per heavy atom. The van der Waals surface area contributed by atoms with Crippen LogP contribution >= 0.6 is 0 Å². The highest BCUT2D eigenvalue weighted by Crippen LogP contribution is 2.31. The number of para-hydroxylation sites is 1. The van der Waals surface area contributed by atoms with Crippen molar-refractivity contribution in [3.63, 3.8) is 0 Å². The lowest BCUT2D eigenvalue weighted by atomic mass is 10.1. The SMILES string of the molecule is c1ccc(-c2nnc3c4ccccc4c4ccccc4n23)cc1. The first-order chi connectivity index (χ1) is 11.4. The molecule has 0 bridgehead atoms. The predicted octanol–water partition coefficient (Wildman–Crippen LogP) is 4.70. The number of pyridine rings is 1. The van der Waals surface area contributed by atoms with Crippen LogP contribution in [-0.2, 0) is 0 Å². The van der Waals surface area contributed by atoms with Gasteiger partial charge in [0.15, 0.2) is 11.5 Å². The van der Waals surface area contributed by atoms with Crippen molar-refractivity contribution in [1.29, 1.82) is 0 Å². The molecule has 3 aromatic carbocycles. The largest absolute Gasteiger partial charge is 0.274 e. The zero-order chi connectivity index (χ0) is 15.2. The molecule has 0 spiro atoms. The topological polar surface area (TPSA) is 30.2 Å². The third kappa shape index (κ3) is 1.70. The molecule has 108 valence electrons. The summed E-state index contributed by atoms with van der Waals surface area (Å²) in [6.45, 7) is 0. The third-order valence-corrected chi connectivity index (χ3v) is 4.30. The van der Waals surface area contributed by atoms with Crippen LogP contribution in [0, 0.1) is 0 Å². The Morgan fingerprint density at radius 3 is 2.04 bits per heavy atom. The summed E-state index contributed by atoms with van der Waals surface area (Å²) >= 11 is 0. The molecular weight excluding hydrogens is 282 g/mol. The summed E-state index contributed by atoms with van der Waals surface area (Å²) in [7, 11) is 0. The summed E-state index contributed by atoms with van der Waals surface area (Å²) in [5.41, 5.74) is 3.10. The van der Waals surface area contributed by atoms with Crippen LogP contribution in [0.2, 0.25) is 0 Å². The van der Waals surface area contributed by atoms with Gasteiger partial charge in [0.05, 0.1) is 5.52 Å². The lowest BCUT2D eigenvalue weighted by molar-refractivity contribution is 1.12. The minimum atomic E-state index is 0.877. The van der Waals surface area contributed by atoms with Crippen LogP contribution in [0.25, 0.3) is 38.7 Å². The quantitative estimate of drug-likeness (QED) is 0.419. The third-order valence-electron chi connectivity index (χ3n) is 4.30. The summed E-state index contributed by atoms with van der Waals surface area (Å²) < 4.78 is 2.16. The zero-order valence-corrected chi connectivity index (χ0v) is 12.3. The summed E-state index contributed by atoms with van der Waals surface area (Å²) in [4.78, 5) is 0. The Hall–Kier alpha value is -3.20. The highest BCUT2D eigenvalue weighted by molar-refractivity contribution is 6.12. The molecule has 0 aliphatic rings. The van der Waals surface area contributed by atoms with Gasteiger partial charge in [-0.05, 0) is 11.5 Å². The molecule has 0 atom stereocenters. The number of hydrogen-bond acceptors (Lipinski definition) is 2. The van der Waals surface area contributed by atoms with Crippen molar-refractivity contribution in [2.75, 3.05) is 0 Å². The van der Waals surface area contributed by atoms with Crippen molar-refractivity contribution in [1.82, 2.24) is 14.6 Å². The Kier molecular flexibility index (Phi) is 2.50. The molecule has 2 heterocycles. The molecule has 0 fully saturated rings. The molecule has 0 saturated heterocycles. The molecule has 0 amide bonds. The molecule has 5 rings (SSSR count). The molecule has 0 radical (unpaired) electrons. The Bertz CT molecular complexity index is 1160. The number of nitrogens with zero attached hydrogens (tertiary/aromatic N) is 3. The molecule has 2 aromatic heterocycles. The average Bonchev–Trinajstić information content (AvgIpc) is 3.08. The second-order valence-corrected chi connectivity index (χ2v) is 5.61. The normalized spacial score (nSPS) is 11.5. The van der Waals surface area contributed by atoms with Crippen LogP contribution < -0.4 is 0 Å². The Labute approximate surface area is 132 Å². The molecule has 0 N–H and O–H groups in total. The van der Waals surface area contributed by atoms with E-state index in [0.717, 1.165) is 27.9 Å². The van der Waals surface area contributed by atoms with Crippen LogP contribution in [0.3, 0.4) is 0 Å². The number of benzene rings is 3. The van der Waals surface area contributed by atoms with Crippen molar-refractivity contribution >= 4 is 27.3 Å². The van der Waals surface area contributed by atoms with Gasteiger partial charge in [-0.25, -0.2) is 0 Å². The number of rotatable bonds is 1. The lowest BCUT2D eigenvalue weighted by Crippen LogP contribution is -1.93. The summed E-state index contributed by atoms with van der Waals surface area (Å²) in [5, 5.41) is 12.5. The van der Waals surface area contributed by atoms with E-state index in [4.69, 9.17) is 0 Å². The minimum absolute atomic E-state index is 0.877. The fourth-order valence-electron chi connectivity index (χ4n) is 3.27. The lowest BCUT2D eigenvalue weighted by Gasteiger charge is -2.09. The number of fused-ring (bicyclic) bond motifs is 6. The van der Waals surface area contributed by atoms with Gasteiger partial charge < -0.3 is 0 Å². The predicted molar refractivity (Wildman–Crippen MR) is 93.4 cm³/mol. The first-order valence-corrected chi connectivity index (χ1v) is 7.63. The molecule has 3 heteroatoms. The van der Waals surface area contributed by atoms with Crippen molar-refractivity contribution in [2.45, 2.75) is 0 Å². The summed E-state index contributed by atoms with van der Waals surface area (Å²) in [5.74, 6) is 0.877. The van der Waals surface area contributed by atoms with Crippen LogP contribution in [0.4, 0.5) is 0 Å². The monoisotopic (exact) mass is 295 g/mol. The Morgan fingerprint density at radius 1 is 0.565 bits per heavy atom.